The van der Waals surface area contributed by atoms with Crippen LogP contribution >= 0.6 is 7.82 Å². The summed E-state index contributed by atoms with van der Waals surface area (Å²) in [7, 11) is 1.52. The van der Waals surface area contributed by atoms with Crippen molar-refractivity contribution in [2.75, 3.05) is 40.9 Å². The lowest BCUT2D eigenvalue weighted by atomic mass is 10.0. The summed E-state index contributed by atoms with van der Waals surface area (Å²) in [6, 6.07) is -0.883. The molecule has 0 saturated carbocycles. The number of unbranched alkanes of at least 4 members (excludes halogenated alkanes) is 23. The number of hydrogen-bond acceptors (Lipinski definition) is 5. The van der Waals surface area contributed by atoms with Gasteiger partial charge in [-0.05, 0) is 83.5 Å². The van der Waals surface area contributed by atoms with Gasteiger partial charge < -0.3 is 19.8 Å². The van der Waals surface area contributed by atoms with Gasteiger partial charge in [-0.15, -0.1) is 0 Å². The lowest BCUT2D eigenvalue weighted by molar-refractivity contribution is -0.870. The number of amides is 1. The smallest absolute Gasteiger partial charge is 0.387 e. The molecule has 3 N–H and O–H groups in total. The van der Waals surface area contributed by atoms with Crippen LogP contribution < -0.4 is 5.32 Å². The van der Waals surface area contributed by atoms with Gasteiger partial charge in [0.2, 0.25) is 5.91 Å². The molecule has 0 bridgehead atoms. The molecular weight excluding hydrogens is 840 g/mol. The van der Waals surface area contributed by atoms with Crippen molar-refractivity contribution in [1.82, 2.24) is 5.32 Å². The van der Waals surface area contributed by atoms with E-state index in [-0.39, 0.29) is 19.1 Å². The molecule has 0 aliphatic rings. The Kier molecular flexibility index (Phi) is 46.1. The Morgan fingerprint density at radius 3 is 1.39 bits per heavy atom. The van der Waals surface area contributed by atoms with E-state index < -0.39 is 20.0 Å². The second-order valence-corrected chi connectivity index (χ2v) is 20.7. The largest absolute Gasteiger partial charge is 0.472 e. The summed E-state index contributed by atoms with van der Waals surface area (Å²) in [5, 5.41) is 13.9. The molecule has 0 aromatic rings. The predicted molar refractivity (Wildman–Crippen MR) is 286 cm³/mol. The van der Waals surface area contributed by atoms with Crippen molar-refractivity contribution in [2.24, 2.45) is 0 Å². The normalized spacial score (nSPS) is 14.7. The number of aliphatic hydroxyl groups excluding tert-OH is 1. The molecule has 0 fully saturated rings. The summed E-state index contributed by atoms with van der Waals surface area (Å²) in [6.45, 7) is 4.66. The molecular formula is C57H104N2O6P+. The third-order valence-electron chi connectivity index (χ3n) is 11.6. The lowest BCUT2D eigenvalue weighted by Gasteiger charge is -2.25. The van der Waals surface area contributed by atoms with Crippen LogP contribution in [0.3, 0.4) is 0 Å². The number of likely N-dealkylation sites (N-methyl/N-ethyl adjacent to an activating group) is 1. The lowest BCUT2D eigenvalue weighted by Crippen LogP contribution is -2.45. The van der Waals surface area contributed by atoms with Crippen LogP contribution in [-0.2, 0) is 18.4 Å². The Bertz CT molecular complexity index is 1350. The van der Waals surface area contributed by atoms with E-state index in [1.165, 1.54) is 116 Å². The van der Waals surface area contributed by atoms with E-state index in [2.05, 4.69) is 92.1 Å². The summed E-state index contributed by atoms with van der Waals surface area (Å²) in [4.78, 5) is 23.2. The first-order chi connectivity index (χ1) is 32.0. The van der Waals surface area contributed by atoms with E-state index in [0.717, 1.165) is 83.5 Å². The number of carbonyl (C=O) groups excluding carboxylic acids is 1. The van der Waals surface area contributed by atoms with Crippen LogP contribution in [0.15, 0.2) is 85.1 Å². The fraction of sp³-hybridized carbons (Fsp3) is 0.737. The van der Waals surface area contributed by atoms with Crippen molar-refractivity contribution in [3.05, 3.63) is 85.1 Å². The Labute approximate surface area is 407 Å². The van der Waals surface area contributed by atoms with Crippen molar-refractivity contribution < 1.29 is 32.9 Å². The fourth-order valence-corrected chi connectivity index (χ4v) is 8.09. The summed E-state index contributed by atoms with van der Waals surface area (Å²) in [5.74, 6) is -0.207. The van der Waals surface area contributed by atoms with Crippen LogP contribution in [0.1, 0.15) is 219 Å². The van der Waals surface area contributed by atoms with Crippen molar-refractivity contribution in [2.45, 2.75) is 231 Å². The number of hydrogen-bond donors (Lipinski definition) is 3. The van der Waals surface area contributed by atoms with Crippen LogP contribution in [0.25, 0.3) is 0 Å². The van der Waals surface area contributed by atoms with Gasteiger partial charge in [0.15, 0.2) is 0 Å². The second kappa shape index (κ2) is 47.7. The monoisotopic (exact) mass is 944 g/mol. The highest BCUT2D eigenvalue weighted by Gasteiger charge is 2.27. The number of phosphoric acid groups is 1. The van der Waals surface area contributed by atoms with Crippen molar-refractivity contribution in [1.29, 1.82) is 0 Å². The number of aliphatic hydroxyl groups is 1. The van der Waals surface area contributed by atoms with Crippen molar-refractivity contribution in [3.8, 4) is 0 Å². The molecule has 0 aliphatic heterocycles. The Morgan fingerprint density at radius 1 is 0.530 bits per heavy atom. The molecule has 0 spiro atoms. The maximum atomic E-state index is 12.9. The zero-order valence-corrected chi connectivity index (χ0v) is 44.3. The first-order valence-corrected chi connectivity index (χ1v) is 28.5. The summed E-state index contributed by atoms with van der Waals surface area (Å²) < 4.78 is 23.6. The van der Waals surface area contributed by atoms with Crippen LogP contribution in [0.5, 0.6) is 0 Å². The van der Waals surface area contributed by atoms with Gasteiger partial charge in [-0.2, -0.15) is 0 Å². The average molecular weight is 944 g/mol. The van der Waals surface area contributed by atoms with Crippen LogP contribution in [0, 0.1) is 0 Å². The van der Waals surface area contributed by atoms with Gasteiger partial charge in [-0.1, -0.05) is 214 Å². The van der Waals surface area contributed by atoms with Crippen LogP contribution in [0.2, 0.25) is 0 Å². The molecule has 0 aliphatic carbocycles. The highest BCUT2D eigenvalue weighted by atomic mass is 31.2. The maximum absolute atomic E-state index is 12.9. The molecule has 66 heavy (non-hydrogen) atoms. The first kappa shape index (κ1) is 63.7. The Balaban J connectivity index is 4.38. The van der Waals surface area contributed by atoms with Crippen molar-refractivity contribution in [3.63, 3.8) is 0 Å². The quantitative estimate of drug-likeness (QED) is 0.0243. The van der Waals surface area contributed by atoms with E-state index in [1.807, 2.05) is 27.2 Å². The molecule has 3 atom stereocenters. The highest BCUT2D eigenvalue weighted by molar-refractivity contribution is 7.47. The van der Waals surface area contributed by atoms with Gasteiger partial charge in [-0.25, -0.2) is 4.57 Å². The van der Waals surface area contributed by atoms with E-state index in [0.29, 0.717) is 17.4 Å². The molecule has 0 radical (unpaired) electrons. The SMILES string of the molecule is CC/C=C\C/C=C\C/C=C\C/C=C\CCCCCCCCC(=O)NC(COP(=O)(O)OCC[N+](C)(C)C)C(O)/C=C/CC/C=C/CC/C=C/CCCCCCCCCCCCCCCCC. The standard InChI is InChI=1S/C57H103N2O6P/c1-6-8-10-12-14-16-18-20-22-24-26-27-28-29-30-31-33-34-36-38-40-42-44-46-48-50-56(60)55(54-65-66(62,63)64-53-52-59(3,4)5)58-57(61)51-49-47-45-43-41-39-37-35-32-25-23-21-19-17-15-13-11-9-7-2/h9,11,15,17,21,23,32-35,40,42,48,50,55-56,60H,6-8,10,12-14,16,18-20,22,24-31,36-39,41,43-47,49,51-54H2,1-5H3,(H-,58,61,62,63)/p+1/b11-9-,17-15-,23-21-,34-33+,35-32-,42-40+,50-48+. The summed E-state index contributed by atoms with van der Waals surface area (Å²) >= 11 is 0. The van der Waals surface area contributed by atoms with Gasteiger partial charge in [0.1, 0.15) is 13.2 Å². The maximum Gasteiger partial charge on any atom is 0.472 e. The Hall–Kier alpha value is -2.32. The number of quaternary nitrogens is 1. The topological polar surface area (TPSA) is 105 Å². The molecule has 1 amide bonds. The van der Waals surface area contributed by atoms with E-state index in [1.54, 1.807) is 6.08 Å². The third-order valence-corrected chi connectivity index (χ3v) is 12.6. The fourth-order valence-electron chi connectivity index (χ4n) is 7.36. The Morgan fingerprint density at radius 2 is 0.924 bits per heavy atom. The average Bonchev–Trinajstić information content (AvgIpc) is 3.28. The summed E-state index contributed by atoms with van der Waals surface area (Å²) in [6.07, 6.45) is 66.8. The number of carbonyl (C=O) groups is 1. The first-order valence-electron chi connectivity index (χ1n) is 27.0. The number of nitrogens with zero attached hydrogens (tertiary/aromatic N) is 1. The molecule has 9 heteroatoms. The molecule has 0 saturated heterocycles. The van der Waals surface area contributed by atoms with Gasteiger partial charge in [0.05, 0.1) is 39.9 Å². The number of phosphoric ester groups is 1. The van der Waals surface area contributed by atoms with Gasteiger partial charge in [0, 0.05) is 6.42 Å². The minimum atomic E-state index is -4.37. The third kappa shape index (κ3) is 49.6. The van der Waals surface area contributed by atoms with Crippen LogP contribution in [0.4, 0.5) is 0 Å². The summed E-state index contributed by atoms with van der Waals surface area (Å²) in [5.41, 5.74) is 0. The van der Waals surface area contributed by atoms with Gasteiger partial charge in [0.25, 0.3) is 0 Å². The molecule has 0 heterocycles. The molecule has 0 aromatic heterocycles. The molecule has 0 aromatic carbocycles. The highest BCUT2D eigenvalue weighted by Crippen LogP contribution is 2.43. The minimum Gasteiger partial charge on any atom is -0.387 e. The van der Waals surface area contributed by atoms with E-state index in [9.17, 15) is 19.4 Å². The zero-order valence-electron chi connectivity index (χ0n) is 43.4. The van der Waals surface area contributed by atoms with E-state index in [4.69, 9.17) is 9.05 Å². The number of allylic oxidation sites excluding steroid dienone is 13. The van der Waals surface area contributed by atoms with Crippen LogP contribution in [-0.4, -0.2) is 73.4 Å². The predicted octanol–water partition coefficient (Wildman–Crippen LogP) is 16.1. The second-order valence-electron chi connectivity index (χ2n) is 19.2. The minimum absolute atomic E-state index is 0.0462. The molecule has 8 nitrogen and oxygen atoms in total. The van der Waals surface area contributed by atoms with Gasteiger partial charge >= 0.3 is 7.82 Å². The van der Waals surface area contributed by atoms with Crippen molar-refractivity contribution >= 4 is 13.7 Å². The molecule has 3 unspecified atom stereocenters. The number of nitrogens with one attached hydrogen (secondary N) is 1. The molecule has 0 rings (SSSR count). The molecule has 382 valence electrons. The zero-order chi connectivity index (χ0) is 48.5. The van der Waals surface area contributed by atoms with E-state index >= 15 is 0 Å². The van der Waals surface area contributed by atoms with Gasteiger partial charge in [-0.3, -0.25) is 13.8 Å². The number of rotatable bonds is 48.